The largest absolute Gasteiger partial charge is 0.493 e. The molecule has 2 amide bonds. The van der Waals surface area contributed by atoms with Gasteiger partial charge in [-0.1, -0.05) is 6.92 Å². The van der Waals surface area contributed by atoms with E-state index in [1.54, 1.807) is 23.1 Å². The third kappa shape index (κ3) is 5.70. The molecule has 11 nitrogen and oxygen atoms in total. The Morgan fingerprint density at radius 3 is 2.71 bits per heavy atom. The Hall–Kier alpha value is -2.99. The fourth-order valence-corrected chi connectivity index (χ4v) is 5.43. The molecule has 1 aromatic rings. The van der Waals surface area contributed by atoms with Crippen molar-refractivity contribution in [3.63, 3.8) is 0 Å². The minimum Gasteiger partial charge on any atom is -0.493 e. The van der Waals surface area contributed by atoms with Gasteiger partial charge in [-0.15, -0.1) is 0 Å². The van der Waals surface area contributed by atoms with Crippen LogP contribution in [0.2, 0.25) is 0 Å². The standard InChI is InChI=1S/C27H37N3O8/c1-3-4-22(33)30(7-6-29-8-11-37-12-9-29)20-15-19(27(35)28-5-10-31)23-18-13-17(16-32)14-21(36-2)25(18)38-26(23)24(20)34/h13-16,20,23-24,26,31,34H,3-12H2,1-2H3,(H,28,35). The van der Waals surface area contributed by atoms with Gasteiger partial charge in [0, 0.05) is 55.8 Å². The highest BCUT2D eigenvalue weighted by molar-refractivity contribution is 5.96. The van der Waals surface area contributed by atoms with Crippen LogP contribution >= 0.6 is 0 Å². The summed E-state index contributed by atoms with van der Waals surface area (Å²) in [6.07, 6.45) is 1.25. The van der Waals surface area contributed by atoms with Crippen LogP contribution in [-0.4, -0.2) is 116 Å². The first kappa shape index (κ1) is 28.0. The summed E-state index contributed by atoms with van der Waals surface area (Å²) in [7, 11) is 1.45. The van der Waals surface area contributed by atoms with Crippen LogP contribution in [0.5, 0.6) is 11.5 Å². The van der Waals surface area contributed by atoms with E-state index in [1.165, 1.54) is 7.11 Å². The number of carbonyl (C=O) groups is 3. The highest BCUT2D eigenvalue weighted by Gasteiger charge is 2.51. The first-order chi connectivity index (χ1) is 18.4. The molecule has 11 heteroatoms. The Morgan fingerprint density at radius 1 is 1.29 bits per heavy atom. The number of nitrogens with one attached hydrogen (secondary N) is 1. The van der Waals surface area contributed by atoms with Crippen LogP contribution < -0.4 is 14.8 Å². The lowest BCUT2D eigenvalue weighted by Crippen LogP contribution is -2.57. The number of hydrogen-bond donors (Lipinski definition) is 3. The van der Waals surface area contributed by atoms with Crippen molar-refractivity contribution in [1.82, 2.24) is 15.1 Å². The number of rotatable bonds is 11. The van der Waals surface area contributed by atoms with Gasteiger partial charge in [0.05, 0.1) is 38.9 Å². The lowest BCUT2D eigenvalue weighted by Gasteiger charge is -2.41. The summed E-state index contributed by atoms with van der Waals surface area (Å²) in [5.74, 6) is -0.566. The molecule has 0 radical (unpaired) electrons. The molecule has 1 saturated heterocycles. The monoisotopic (exact) mass is 531 g/mol. The molecule has 1 aliphatic carbocycles. The van der Waals surface area contributed by atoms with Crippen molar-refractivity contribution in [3.8, 4) is 11.5 Å². The number of methoxy groups -OCH3 is 1. The van der Waals surface area contributed by atoms with E-state index in [0.717, 1.165) is 13.1 Å². The molecule has 1 aromatic carbocycles. The number of carbonyl (C=O) groups excluding carboxylic acids is 3. The number of aldehydes is 1. The third-order valence-corrected chi connectivity index (χ3v) is 7.32. The average Bonchev–Trinajstić information content (AvgIpc) is 3.33. The second kappa shape index (κ2) is 12.7. The summed E-state index contributed by atoms with van der Waals surface area (Å²) in [5.41, 5.74) is 1.21. The van der Waals surface area contributed by atoms with Gasteiger partial charge in [0.25, 0.3) is 0 Å². The number of hydrogen-bond acceptors (Lipinski definition) is 9. The molecule has 4 atom stereocenters. The van der Waals surface area contributed by atoms with Gasteiger partial charge in [0.2, 0.25) is 11.8 Å². The average molecular weight is 532 g/mol. The van der Waals surface area contributed by atoms with E-state index >= 15 is 0 Å². The Balaban J connectivity index is 1.73. The van der Waals surface area contributed by atoms with Crippen LogP contribution in [0.4, 0.5) is 0 Å². The van der Waals surface area contributed by atoms with Gasteiger partial charge in [-0.2, -0.15) is 0 Å². The zero-order valence-electron chi connectivity index (χ0n) is 21.9. The Bertz CT molecular complexity index is 1060. The van der Waals surface area contributed by atoms with Gasteiger partial charge < -0.3 is 34.6 Å². The zero-order valence-corrected chi connectivity index (χ0v) is 21.9. The van der Waals surface area contributed by atoms with Crippen LogP contribution in [0.15, 0.2) is 23.8 Å². The Kier molecular flexibility index (Phi) is 9.37. The summed E-state index contributed by atoms with van der Waals surface area (Å²) in [6, 6.07) is 2.37. The molecule has 0 bridgehead atoms. The van der Waals surface area contributed by atoms with Crippen molar-refractivity contribution in [2.24, 2.45) is 0 Å². The van der Waals surface area contributed by atoms with E-state index in [9.17, 15) is 24.6 Å². The summed E-state index contributed by atoms with van der Waals surface area (Å²) < 4.78 is 17.1. The Labute approximate surface area is 222 Å². The maximum absolute atomic E-state index is 13.3. The number of ether oxygens (including phenoxy) is 3. The first-order valence-corrected chi connectivity index (χ1v) is 13.2. The molecule has 0 spiro atoms. The maximum Gasteiger partial charge on any atom is 0.247 e. The van der Waals surface area contributed by atoms with Gasteiger partial charge in [0.1, 0.15) is 18.5 Å². The number of aliphatic hydroxyl groups excluding tert-OH is 2. The molecule has 0 saturated carbocycles. The summed E-state index contributed by atoms with van der Waals surface area (Å²) in [4.78, 5) is 42.1. The molecule has 4 rings (SSSR count). The second-order valence-electron chi connectivity index (χ2n) is 9.69. The molecule has 2 heterocycles. The van der Waals surface area contributed by atoms with Crippen molar-refractivity contribution < 1.29 is 38.8 Å². The number of fused-ring (bicyclic) bond motifs is 3. The van der Waals surface area contributed by atoms with Crippen molar-refractivity contribution >= 4 is 18.1 Å². The SMILES string of the molecule is CCCC(=O)N(CCN1CCOCC1)C1C=C(C(=O)NCCO)C2c3cc(C=O)cc(OC)c3OC2C1O. The lowest BCUT2D eigenvalue weighted by molar-refractivity contribution is -0.137. The van der Waals surface area contributed by atoms with Crippen molar-refractivity contribution in [3.05, 3.63) is 34.9 Å². The number of benzene rings is 1. The third-order valence-electron chi connectivity index (χ3n) is 7.32. The molecular formula is C27H37N3O8. The summed E-state index contributed by atoms with van der Waals surface area (Å²) >= 11 is 0. The Morgan fingerprint density at radius 2 is 2.05 bits per heavy atom. The van der Waals surface area contributed by atoms with E-state index < -0.39 is 30.1 Å². The van der Waals surface area contributed by atoms with Gasteiger partial charge in [0.15, 0.2) is 11.5 Å². The highest BCUT2D eigenvalue weighted by atomic mass is 16.5. The zero-order chi connectivity index (χ0) is 27.2. The van der Waals surface area contributed by atoms with E-state index in [4.69, 9.17) is 14.2 Å². The summed E-state index contributed by atoms with van der Waals surface area (Å²) in [6.45, 7) is 5.47. The number of amides is 2. The number of nitrogens with zero attached hydrogens (tertiary/aromatic N) is 2. The first-order valence-electron chi connectivity index (χ1n) is 13.2. The van der Waals surface area contributed by atoms with Crippen LogP contribution in [0.1, 0.15) is 41.6 Å². The molecular weight excluding hydrogens is 494 g/mol. The fraction of sp³-hybridized carbons (Fsp3) is 0.593. The van der Waals surface area contributed by atoms with Crippen LogP contribution in [0, 0.1) is 0 Å². The van der Waals surface area contributed by atoms with Crippen molar-refractivity contribution in [1.29, 1.82) is 0 Å². The second-order valence-corrected chi connectivity index (χ2v) is 9.69. The number of aliphatic hydroxyl groups is 2. The van der Waals surface area contributed by atoms with Gasteiger partial charge in [-0.05, 0) is 24.6 Å². The maximum atomic E-state index is 13.3. The minimum atomic E-state index is -1.14. The summed E-state index contributed by atoms with van der Waals surface area (Å²) in [5, 5.41) is 23.6. The smallest absolute Gasteiger partial charge is 0.247 e. The quantitative estimate of drug-likeness (QED) is 0.339. The predicted molar refractivity (Wildman–Crippen MR) is 137 cm³/mol. The molecule has 208 valence electrons. The lowest BCUT2D eigenvalue weighted by atomic mass is 9.77. The fourth-order valence-electron chi connectivity index (χ4n) is 5.43. The van der Waals surface area contributed by atoms with Gasteiger partial charge in [-0.3, -0.25) is 19.3 Å². The minimum absolute atomic E-state index is 0.0434. The van der Waals surface area contributed by atoms with E-state index in [1.807, 2.05) is 6.92 Å². The molecule has 1 fully saturated rings. The molecule has 3 N–H and O–H groups in total. The van der Waals surface area contributed by atoms with E-state index in [0.29, 0.717) is 73.6 Å². The van der Waals surface area contributed by atoms with Crippen molar-refractivity contribution in [2.45, 2.75) is 43.9 Å². The molecule has 3 aliphatic rings. The van der Waals surface area contributed by atoms with E-state index in [-0.39, 0.29) is 19.1 Å². The molecule has 2 aliphatic heterocycles. The van der Waals surface area contributed by atoms with Crippen LogP contribution in [-0.2, 0) is 14.3 Å². The van der Waals surface area contributed by atoms with Crippen LogP contribution in [0.3, 0.4) is 0 Å². The normalized spacial score (nSPS) is 24.5. The molecule has 4 unspecified atom stereocenters. The molecule has 0 aromatic heterocycles. The highest BCUT2D eigenvalue weighted by Crippen LogP contribution is 2.51. The van der Waals surface area contributed by atoms with E-state index in [2.05, 4.69) is 10.2 Å². The van der Waals surface area contributed by atoms with Crippen molar-refractivity contribution in [2.75, 3.05) is 59.7 Å². The molecule has 38 heavy (non-hydrogen) atoms. The predicted octanol–water partition coefficient (Wildman–Crippen LogP) is 0.0912. The van der Waals surface area contributed by atoms with Gasteiger partial charge >= 0.3 is 0 Å². The topological polar surface area (TPSA) is 138 Å². The van der Waals surface area contributed by atoms with Crippen LogP contribution in [0.25, 0.3) is 0 Å². The van der Waals surface area contributed by atoms with Gasteiger partial charge in [-0.25, -0.2) is 0 Å². The number of morpholine rings is 1.